The predicted octanol–water partition coefficient (Wildman–Crippen LogP) is 6.11. The number of hydrogen-bond donors (Lipinski definition) is 3. The fourth-order valence-electron chi connectivity index (χ4n) is 10.4. The molecule has 4 aliphatic rings. The maximum Gasteiger partial charge on any atom is 0.329 e. The van der Waals surface area contributed by atoms with E-state index in [9.17, 15) is 14.7 Å². The number of aliphatic hydroxyl groups excluding tert-OH is 1. The van der Waals surface area contributed by atoms with Crippen LogP contribution in [0.25, 0.3) is 0 Å². The summed E-state index contributed by atoms with van der Waals surface area (Å²) in [6, 6.07) is 34.5. The van der Waals surface area contributed by atoms with E-state index in [2.05, 4.69) is 15.5 Å². The number of hydrogen-bond acceptors (Lipinski definition) is 12. The Morgan fingerprint density at radius 2 is 1.46 bits per heavy atom. The molecule has 1 spiro atoms. The number of carbonyl (C=O) groups excluding carboxylic acids is 5. The highest BCUT2D eigenvalue weighted by Gasteiger charge is 2.75. The highest BCUT2D eigenvalue weighted by molar-refractivity contribution is 6.25. The van der Waals surface area contributed by atoms with Gasteiger partial charge in [0, 0.05) is 24.5 Å². The van der Waals surface area contributed by atoms with Crippen LogP contribution in [0.3, 0.4) is 0 Å². The molecule has 4 heterocycles. The van der Waals surface area contributed by atoms with Crippen molar-refractivity contribution in [3.63, 3.8) is 0 Å². The minimum Gasteiger partial charge on any atom is -0.491 e. The molecule has 4 amide bonds. The average molecular weight is 908 g/mol. The van der Waals surface area contributed by atoms with Crippen LogP contribution < -0.4 is 25.2 Å². The van der Waals surface area contributed by atoms with Crippen LogP contribution in [-0.2, 0) is 38.8 Å². The van der Waals surface area contributed by atoms with E-state index < -0.39 is 77.3 Å². The number of benzene rings is 5. The summed E-state index contributed by atoms with van der Waals surface area (Å²) in [6.07, 6.45) is -0.923. The first-order valence-corrected chi connectivity index (χ1v) is 22.6. The molecule has 15 heteroatoms. The highest BCUT2D eigenvalue weighted by Crippen LogP contribution is 2.66. The van der Waals surface area contributed by atoms with Crippen molar-refractivity contribution in [2.24, 2.45) is 11.8 Å². The number of esters is 2. The zero-order valence-corrected chi connectivity index (χ0v) is 37.4. The van der Waals surface area contributed by atoms with E-state index in [4.69, 9.17) is 18.9 Å². The number of morpholine rings is 2. The molecule has 4 aliphatic heterocycles. The van der Waals surface area contributed by atoms with Crippen molar-refractivity contribution in [1.82, 2.24) is 10.2 Å². The quantitative estimate of drug-likeness (QED) is 0.123. The molecule has 346 valence electrons. The molecule has 3 saturated heterocycles. The Bertz CT molecular complexity index is 2620. The summed E-state index contributed by atoms with van der Waals surface area (Å²) in [6.45, 7) is 5.80. The van der Waals surface area contributed by atoms with Crippen molar-refractivity contribution in [1.29, 1.82) is 0 Å². The predicted molar refractivity (Wildman–Crippen MR) is 248 cm³/mol. The number of fused-ring (bicyclic) bond motifs is 3. The third kappa shape index (κ3) is 8.06. The Morgan fingerprint density at radius 3 is 2.13 bits per heavy atom. The molecule has 0 aromatic heterocycles. The number of imide groups is 1. The van der Waals surface area contributed by atoms with Crippen LogP contribution in [0.4, 0.5) is 21.9 Å². The lowest BCUT2D eigenvalue weighted by molar-refractivity contribution is -0.177. The summed E-state index contributed by atoms with van der Waals surface area (Å²) in [4.78, 5) is 80.6. The van der Waals surface area contributed by atoms with E-state index in [0.29, 0.717) is 54.4 Å². The maximum absolute atomic E-state index is 16.4. The first-order valence-electron chi connectivity index (χ1n) is 22.6. The number of amides is 4. The summed E-state index contributed by atoms with van der Waals surface area (Å²) in [5.41, 5.74) is 1.74. The normalized spacial score (nSPS) is 23.9. The highest BCUT2D eigenvalue weighted by atomic mass is 16.6. The molecule has 0 aliphatic carbocycles. The van der Waals surface area contributed by atoms with Gasteiger partial charge in [0.15, 0.2) is 0 Å². The van der Waals surface area contributed by atoms with Crippen LogP contribution in [0.1, 0.15) is 54.3 Å². The topological polar surface area (TPSA) is 176 Å². The van der Waals surface area contributed by atoms with Gasteiger partial charge in [-0.1, -0.05) is 105 Å². The van der Waals surface area contributed by atoms with Gasteiger partial charge in [0.25, 0.3) is 0 Å². The summed E-state index contributed by atoms with van der Waals surface area (Å²) >= 11 is 0. The van der Waals surface area contributed by atoms with E-state index in [1.165, 1.54) is 7.11 Å². The molecule has 5 aromatic rings. The molecule has 7 atom stereocenters. The number of nitrogens with zero attached hydrogens (tertiary/aromatic N) is 3. The van der Waals surface area contributed by atoms with E-state index in [1.54, 1.807) is 68.4 Å². The Kier molecular flexibility index (Phi) is 12.8. The van der Waals surface area contributed by atoms with Crippen molar-refractivity contribution < 1.29 is 48.0 Å². The zero-order chi connectivity index (χ0) is 46.8. The van der Waals surface area contributed by atoms with E-state index in [-0.39, 0.29) is 18.9 Å². The monoisotopic (exact) mass is 907 g/mol. The van der Waals surface area contributed by atoms with Crippen molar-refractivity contribution >= 4 is 46.8 Å². The smallest absolute Gasteiger partial charge is 0.329 e. The van der Waals surface area contributed by atoms with Crippen LogP contribution in [0, 0.1) is 11.8 Å². The molecule has 0 bridgehead atoms. The van der Waals surface area contributed by atoms with Crippen molar-refractivity contribution in [2.75, 3.05) is 61.7 Å². The number of anilines is 3. The second-order valence-corrected chi connectivity index (χ2v) is 17.4. The average Bonchev–Trinajstić information content (AvgIpc) is 3.82. The first kappa shape index (κ1) is 45.1. The lowest BCUT2D eigenvalue weighted by Crippen LogP contribution is -2.57. The largest absolute Gasteiger partial charge is 0.491 e. The van der Waals surface area contributed by atoms with Crippen molar-refractivity contribution in [2.45, 2.75) is 49.5 Å². The number of carbonyl (C=O) groups is 5. The molecule has 5 aromatic carbocycles. The molecule has 15 nitrogen and oxygen atoms in total. The van der Waals surface area contributed by atoms with Gasteiger partial charge in [-0.3, -0.25) is 19.3 Å². The summed E-state index contributed by atoms with van der Waals surface area (Å²) in [5.74, 6) is -4.50. The number of rotatable bonds is 12. The van der Waals surface area contributed by atoms with Gasteiger partial charge in [0.05, 0.1) is 50.6 Å². The lowest BCUT2D eigenvalue weighted by atomic mass is 9.65. The van der Waals surface area contributed by atoms with Gasteiger partial charge in [-0.15, -0.1) is 0 Å². The minimum atomic E-state index is -2.03. The third-order valence-electron chi connectivity index (χ3n) is 13.3. The fourth-order valence-corrected chi connectivity index (χ4v) is 10.4. The molecule has 9 rings (SSSR count). The number of methoxy groups -OCH3 is 1. The molecule has 67 heavy (non-hydrogen) atoms. The number of nitrogens with one attached hydrogen (secondary N) is 2. The summed E-state index contributed by atoms with van der Waals surface area (Å²) in [5, 5.41) is 15.6. The first-order chi connectivity index (χ1) is 32.6. The molecule has 3 N–H and O–H groups in total. The molecule has 0 saturated carbocycles. The zero-order valence-electron chi connectivity index (χ0n) is 37.4. The van der Waals surface area contributed by atoms with Gasteiger partial charge in [-0.05, 0) is 70.6 Å². The van der Waals surface area contributed by atoms with Crippen LogP contribution in [0.2, 0.25) is 0 Å². The van der Waals surface area contributed by atoms with E-state index >= 15 is 14.4 Å². The Hall–Kier alpha value is -7.07. The van der Waals surface area contributed by atoms with Crippen molar-refractivity contribution in [3.8, 4) is 5.75 Å². The SMILES string of the molecule is COC(=O)[C@@H](NC(=O)N1C(=O)[C@@]2(c3ccccc31)[C@H](c1cccc(OCCO)c1)N1[C@H](c3ccccc3)[C@H](c3ccccc3)OC(=O)[C@H]1[C@@H]2C(=O)Nc1ccc(N2CCOCC2)cc1)C(C)C. The van der Waals surface area contributed by atoms with Gasteiger partial charge in [0.2, 0.25) is 11.8 Å². The molecular formula is C52H53N5O10. The molecule has 0 radical (unpaired) electrons. The molecular weight excluding hydrogens is 855 g/mol. The number of aliphatic hydroxyl groups is 1. The van der Waals surface area contributed by atoms with Gasteiger partial charge in [-0.2, -0.15) is 0 Å². The number of ether oxygens (including phenoxy) is 4. The number of urea groups is 1. The van der Waals surface area contributed by atoms with Crippen LogP contribution in [0.5, 0.6) is 5.75 Å². The van der Waals surface area contributed by atoms with Crippen molar-refractivity contribution in [3.05, 3.63) is 156 Å². The third-order valence-corrected chi connectivity index (χ3v) is 13.3. The minimum absolute atomic E-state index is 0.0249. The van der Waals surface area contributed by atoms with Gasteiger partial charge < -0.3 is 39.6 Å². The summed E-state index contributed by atoms with van der Waals surface area (Å²) in [7, 11) is 1.22. The maximum atomic E-state index is 16.4. The fraction of sp³-hybridized carbons (Fsp3) is 0.327. The van der Waals surface area contributed by atoms with Gasteiger partial charge >= 0.3 is 18.0 Å². The number of para-hydroxylation sites is 1. The molecule has 0 unspecified atom stereocenters. The lowest BCUT2D eigenvalue weighted by Gasteiger charge is -2.46. The van der Waals surface area contributed by atoms with Crippen LogP contribution in [-0.4, -0.2) is 98.5 Å². The van der Waals surface area contributed by atoms with Gasteiger partial charge in [-0.25, -0.2) is 14.5 Å². The van der Waals surface area contributed by atoms with Crippen LogP contribution >= 0.6 is 0 Å². The molecule has 3 fully saturated rings. The Morgan fingerprint density at radius 1 is 0.806 bits per heavy atom. The second-order valence-electron chi connectivity index (χ2n) is 17.4. The summed E-state index contributed by atoms with van der Waals surface area (Å²) < 4.78 is 23.1. The number of cyclic esters (lactones) is 1. The standard InChI is InChI=1S/C52H53N5O10/c1-32(2)42(48(60)64-3)54-51(63)56-40-20-11-10-19-39(40)52(50(56)62)41(47(59)53-36-21-23-37(24-22-36)55-25-28-65-29-26-55)44-49(61)67-45(34-15-8-5-9-16-34)43(33-13-6-4-7-14-33)57(44)46(52)35-17-12-18-38(31-35)66-30-27-58/h4-24,31-32,41-46,58H,25-30H2,1-3H3,(H,53,59)(H,54,63)/t41-,42+,43-,44-,45+,46+,52-/m1/s1. The van der Waals surface area contributed by atoms with E-state index in [1.807, 2.05) is 83.8 Å². The Balaban J connectivity index is 1.29. The Labute approximate surface area is 388 Å². The van der Waals surface area contributed by atoms with E-state index in [0.717, 1.165) is 16.2 Å². The second kappa shape index (κ2) is 19.0. The van der Waals surface area contributed by atoms with Gasteiger partial charge in [0.1, 0.15) is 36.0 Å². The van der Waals surface area contributed by atoms with Crippen LogP contribution in [0.15, 0.2) is 133 Å².